The molecule has 0 aliphatic rings. The fraction of sp³-hybridized carbons (Fsp3) is 0.222. The van der Waals surface area contributed by atoms with Gasteiger partial charge in [0, 0.05) is 17.6 Å². The van der Waals surface area contributed by atoms with Crippen LogP contribution in [0.3, 0.4) is 0 Å². The SMILES string of the molecule is OCCOc1ccc2cc[nH]c2n1. The zero-order chi connectivity index (χ0) is 9.10. The Morgan fingerprint density at radius 2 is 2.31 bits per heavy atom. The zero-order valence-electron chi connectivity index (χ0n) is 7.03. The highest BCUT2D eigenvalue weighted by molar-refractivity contribution is 5.75. The van der Waals surface area contributed by atoms with Crippen LogP contribution in [0.1, 0.15) is 0 Å². The molecule has 0 atom stereocenters. The lowest BCUT2D eigenvalue weighted by Crippen LogP contribution is -2.02. The maximum absolute atomic E-state index is 8.54. The molecule has 4 nitrogen and oxygen atoms in total. The number of hydrogen-bond acceptors (Lipinski definition) is 3. The second-order valence-electron chi connectivity index (χ2n) is 2.64. The molecule has 0 bridgehead atoms. The Hall–Kier alpha value is -1.55. The minimum Gasteiger partial charge on any atom is -0.475 e. The molecule has 0 amide bonds. The second kappa shape index (κ2) is 3.45. The van der Waals surface area contributed by atoms with Gasteiger partial charge in [-0.05, 0) is 12.1 Å². The normalized spacial score (nSPS) is 10.5. The Kier molecular flexibility index (Phi) is 2.14. The first kappa shape index (κ1) is 8.07. The van der Waals surface area contributed by atoms with Gasteiger partial charge in [0.25, 0.3) is 0 Å². The van der Waals surface area contributed by atoms with Crippen LogP contribution in [0.25, 0.3) is 11.0 Å². The van der Waals surface area contributed by atoms with E-state index in [2.05, 4.69) is 9.97 Å². The molecule has 2 N–H and O–H groups in total. The predicted molar refractivity (Wildman–Crippen MR) is 48.7 cm³/mol. The number of aliphatic hydroxyl groups excluding tert-OH is 1. The molecule has 2 aromatic heterocycles. The highest BCUT2D eigenvalue weighted by Crippen LogP contribution is 2.14. The molecule has 0 fully saturated rings. The van der Waals surface area contributed by atoms with Crippen molar-refractivity contribution >= 4 is 11.0 Å². The number of nitrogens with zero attached hydrogens (tertiary/aromatic N) is 1. The molecule has 0 aromatic carbocycles. The summed E-state index contributed by atoms with van der Waals surface area (Å²) in [5.74, 6) is 0.531. The van der Waals surface area contributed by atoms with Crippen LogP contribution in [-0.4, -0.2) is 28.3 Å². The van der Waals surface area contributed by atoms with Crippen LogP contribution in [0.4, 0.5) is 0 Å². The Balaban J connectivity index is 2.26. The maximum atomic E-state index is 8.54. The average molecular weight is 178 g/mol. The molecule has 4 heteroatoms. The molecule has 0 saturated carbocycles. The molecule has 2 aromatic rings. The van der Waals surface area contributed by atoms with Gasteiger partial charge in [0.05, 0.1) is 6.61 Å². The van der Waals surface area contributed by atoms with Gasteiger partial charge in [0.2, 0.25) is 5.88 Å². The predicted octanol–water partition coefficient (Wildman–Crippen LogP) is 0.934. The number of aromatic nitrogens is 2. The van der Waals surface area contributed by atoms with E-state index in [9.17, 15) is 0 Å². The lowest BCUT2D eigenvalue weighted by atomic mass is 10.3. The fourth-order valence-corrected chi connectivity index (χ4v) is 1.14. The summed E-state index contributed by atoms with van der Waals surface area (Å²) >= 11 is 0. The lowest BCUT2D eigenvalue weighted by molar-refractivity contribution is 0.197. The van der Waals surface area contributed by atoms with Crippen molar-refractivity contribution in [1.29, 1.82) is 0 Å². The van der Waals surface area contributed by atoms with E-state index in [0.717, 1.165) is 11.0 Å². The number of rotatable bonds is 3. The number of nitrogens with one attached hydrogen (secondary N) is 1. The van der Waals surface area contributed by atoms with Crippen LogP contribution >= 0.6 is 0 Å². The van der Waals surface area contributed by atoms with Gasteiger partial charge in [-0.1, -0.05) is 0 Å². The number of H-pyrrole nitrogens is 1. The number of ether oxygens (including phenoxy) is 1. The molecule has 2 heterocycles. The summed E-state index contributed by atoms with van der Waals surface area (Å²) in [5.41, 5.74) is 0.801. The Bertz CT molecular complexity index is 397. The largest absolute Gasteiger partial charge is 0.475 e. The molecule has 0 radical (unpaired) electrons. The number of hydrogen-bond donors (Lipinski definition) is 2. The van der Waals surface area contributed by atoms with Gasteiger partial charge >= 0.3 is 0 Å². The molecular weight excluding hydrogens is 168 g/mol. The van der Waals surface area contributed by atoms with Gasteiger partial charge < -0.3 is 14.8 Å². The van der Waals surface area contributed by atoms with E-state index < -0.39 is 0 Å². The molecule has 0 aliphatic heterocycles. The summed E-state index contributed by atoms with van der Waals surface area (Å²) < 4.78 is 5.15. The molecule has 0 unspecified atom stereocenters. The lowest BCUT2D eigenvalue weighted by Gasteiger charge is -2.01. The van der Waals surface area contributed by atoms with Crippen molar-refractivity contribution in [2.75, 3.05) is 13.2 Å². The molecule has 13 heavy (non-hydrogen) atoms. The van der Waals surface area contributed by atoms with Gasteiger partial charge in [0.15, 0.2) is 0 Å². The number of aliphatic hydroxyl groups is 1. The van der Waals surface area contributed by atoms with Crippen LogP contribution < -0.4 is 4.74 Å². The Morgan fingerprint density at radius 1 is 1.38 bits per heavy atom. The van der Waals surface area contributed by atoms with E-state index in [4.69, 9.17) is 9.84 Å². The third kappa shape index (κ3) is 1.62. The first-order valence-corrected chi connectivity index (χ1v) is 4.08. The average Bonchev–Trinajstić information content (AvgIpc) is 2.61. The summed E-state index contributed by atoms with van der Waals surface area (Å²) in [6, 6.07) is 5.65. The van der Waals surface area contributed by atoms with Crippen molar-refractivity contribution in [3.63, 3.8) is 0 Å². The fourth-order valence-electron chi connectivity index (χ4n) is 1.14. The van der Waals surface area contributed by atoms with Gasteiger partial charge in [-0.15, -0.1) is 0 Å². The van der Waals surface area contributed by atoms with Crippen LogP contribution in [0.15, 0.2) is 24.4 Å². The third-order valence-electron chi connectivity index (χ3n) is 1.73. The van der Waals surface area contributed by atoms with Crippen molar-refractivity contribution in [3.8, 4) is 5.88 Å². The van der Waals surface area contributed by atoms with E-state index in [1.807, 2.05) is 18.3 Å². The first-order chi connectivity index (χ1) is 6.40. The van der Waals surface area contributed by atoms with Gasteiger partial charge in [0.1, 0.15) is 12.3 Å². The summed E-state index contributed by atoms with van der Waals surface area (Å²) in [4.78, 5) is 7.17. The quantitative estimate of drug-likeness (QED) is 0.735. The van der Waals surface area contributed by atoms with E-state index in [1.54, 1.807) is 6.07 Å². The van der Waals surface area contributed by atoms with E-state index in [0.29, 0.717) is 5.88 Å². The molecule has 0 spiro atoms. The number of pyridine rings is 1. The van der Waals surface area contributed by atoms with E-state index in [1.165, 1.54) is 0 Å². The zero-order valence-corrected chi connectivity index (χ0v) is 7.03. The number of fused-ring (bicyclic) bond motifs is 1. The minimum atomic E-state index is 0.00441. The topological polar surface area (TPSA) is 58.1 Å². The van der Waals surface area contributed by atoms with E-state index in [-0.39, 0.29) is 13.2 Å². The van der Waals surface area contributed by atoms with Crippen molar-refractivity contribution < 1.29 is 9.84 Å². The summed E-state index contributed by atoms with van der Waals surface area (Å²) in [6.07, 6.45) is 1.83. The van der Waals surface area contributed by atoms with Gasteiger partial charge in [-0.25, -0.2) is 0 Å². The van der Waals surface area contributed by atoms with Crippen molar-refractivity contribution in [1.82, 2.24) is 9.97 Å². The maximum Gasteiger partial charge on any atom is 0.215 e. The van der Waals surface area contributed by atoms with Crippen LogP contribution in [-0.2, 0) is 0 Å². The summed E-state index contributed by atoms with van der Waals surface area (Å²) in [6.45, 7) is 0.281. The molecular formula is C9H10N2O2. The highest BCUT2D eigenvalue weighted by atomic mass is 16.5. The smallest absolute Gasteiger partial charge is 0.215 e. The second-order valence-corrected chi connectivity index (χ2v) is 2.64. The molecule has 2 rings (SSSR count). The van der Waals surface area contributed by atoms with Gasteiger partial charge in [-0.2, -0.15) is 4.98 Å². The van der Waals surface area contributed by atoms with Crippen molar-refractivity contribution in [2.24, 2.45) is 0 Å². The summed E-state index contributed by atoms with van der Waals surface area (Å²) in [5, 5.41) is 9.59. The third-order valence-corrected chi connectivity index (χ3v) is 1.73. The van der Waals surface area contributed by atoms with E-state index >= 15 is 0 Å². The molecule has 0 saturated heterocycles. The molecule has 68 valence electrons. The van der Waals surface area contributed by atoms with Crippen LogP contribution in [0.5, 0.6) is 5.88 Å². The van der Waals surface area contributed by atoms with Crippen molar-refractivity contribution in [3.05, 3.63) is 24.4 Å². The number of aromatic amines is 1. The highest BCUT2D eigenvalue weighted by Gasteiger charge is 1.98. The van der Waals surface area contributed by atoms with Crippen LogP contribution in [0.2, 0.25) is 0 Å². The minimum absolute atomic E-state index is 0.00441. The Morgan fingerprint density at radius 3 is 3.15 bits per heavy atom. The summed E-state index contributed by atoms with van der Waals surface area (Å²) in [7, 11) is 0. The first-order valence-electron chi connectivity index (χ1n) is 4.08. The van der Waals surface area contributed by atoms with Crippen LogP contribution in [0, 0.1) is 0 Å². The Labute approximate surface area is 75.2 Å². The standard InChI is InChI=1S/C9H10N2O2/c12-5-6-13-8-2-1-7-3-4-10-9(7)11-8/h1-4,12H,5-6H2,(H,10,11). The van der Waals surface area contributed by atoms with Crippen molar-refractivity contribution in [2.45, 2.75) is 0 Å². The monoisotopic (exact) mass is 178 g/mol. The molecule has 0 aliphatic carbocycles. The van der Waals surface area contributed by atoms with Gasteiger partial charge in [-0.3, -0.25) is 0 Å².